The van der Waals surface area contributed by atoms with Gasteiger partial charge < -0.3 is 4.74 Å². The van der Waals surface area contributed by atoms with E-state index >= 15 is 0 Å². The number of ether oxygens (including phenoxy) is 1. The van der Waals surface area contributed by atoms with Crippen LogP contribution in [0.1, 0.15) is 12.0 Å². The van der Waals surface area contributed by atoms with E-state index in [4.69, 9.17) is 0 Å². The maximum absolute atomic E-state index is 11.8. The van der Waals surface area contributed by atoms with Crippen molar-refractivity contribution < 1.29 is 22.7 Å². The fourth-order valence-electron chi connectivity index (χ4n) is 1.02. The molecule has 0 atom stereocenters. The van der Waals surface area contributed by atoms with Crippen LogP contribution >= 0.6 is 0 Å². The average molecular weight is 229 g/mol. The third-order valence-electron chi connectivity index (χ3n) is 1.63. The first-order valence-electron chi connectivity index (χ1n) is 4.38. The molecule has 0 unspecified atom stereocenters. The van der Waals surface area contributed by atoms with Gasteiger partial charge in [-0.05, 0) is 17.7 Å². The Kier molecular flexibility index (Phi) is 4.10. The van der Waals surface area contributed by atoms with Crippen molar-refractivity contribution in [1.82, 2.24) is 0 Å². The van der Waals surface area contributed by atoms with Crippen LogP contribution in [0.15, 0.2) is 30.3 Å². The van der Waals surface area contributed by atoms with Crippen molar-refractivity contribution >= 4 is 12.4 Å². The van der Waals surface area contributed by atoms with Gasteiger partial charge in [0.05, 0.1) is 0 Å². The van der Waals surface area contributed by atoms with E-state index < -0.39 is 6.36 Å². The molecule has 0 bridgehead atoms. The van der Waals surface area contributed by atoms with Crippen molar-refractivity contribution in [3.8, 4) is 5.75 Å². The van der Waals surface area contributed by atoms with Crippen LogP contribution in [0.5, 0.6) is 5.75 Å². The lowest BCUT2D eigenvalue weighted by Crippen LogP contribution is -2.16. The van der Waals surface area contributed by atoms with E-state index in [1.807, 2.05) is 0 Å². The van der Waals surface area contributed by atoms with Crippen LogP contribution in [0.3, 0.4) is 0 Å². The van der Waals surface area contributed by atoms with Gasteiger partial charge in [-0.2, -0.15) is 0 Å². The minimum Gasteiger partial charge on any atom is -0.406 e. The molecular weight excluding hydrogens is 221 g/mol. The van der Waals surface area contributed by atoms with E-state index in [0.717, 1.165) is 0 Å². The number of benzene rings is 1. The van der Waals surface area contributed by atoms with Gasteiger partial charge in [0.25, 0.3) is 0 Å². The summed E-state index contributed by atoms with van der Waals surface area (Å²) in [6, 6.07) is 5.33. The third kappa shape index (κ3) is 4.63. The Bertz CT molecular complexity index is 366. The van der Waals surface area contributed by atoms with E-state index in [1.165, 1.54) is 24.3 Å². The van der Waals surface area contributed by atoms with Crippen LogP contribution in [-0.4, -0.2) is 12.6 Å². The number of carbonyl (C=O) groups excluding carboxylic acids is 1. The lowest BCUT2D eigenvalue weighted by molar-refractivity contribution is -0.274. The fraction of sp³-hybridized carbons (Fsp3) is 0.182. The first-order valence-corrected chi connectivity index (χ1v) is 4.38. The molecule has 0 spiro atoms. The standard InChI is InChI=1S/C11H8F3O2/c12-11(13,14)16-10-6-4-9(5-7-10)3-1-2-8-15/h1,3-7H,2H2. The zero-order valence-electron chi connectivity index (χ0n) is 8.12. The van der Waals surface area contributed by atoms with Gasteiger partial charge in [0.15, 0.2) is 0 Å². The van der Waals surface area contributed by atoms with Crippen LogP contribution in [0.4, 0.5) is 13.2 Å². The fourth-order valence-corrected chi connectivity index (χ4v) is 1.02. The Hall–Kier alpha value is -1.78. The molecule has 0 aliphatic rings. The highest BCUT2D eigenvalue weighted by Crippen LogP contribution is 2.22. The predicted molar refractivity (Wildman–Crippen MR) is 52.5 cm³/mol. The minimum absolute atomic E-state index is 0.154. The molecule has 0 heterocycles. The van der Waals surface area contributed by atoms with E-state index in [9.17, 15) is 18.0 Å². The van der Waals surface area contributed by atoms with Gasteiger partial charge in [-0.3, -0.25) is 4.79 Å². The van der Waals surface area contributed by atoms with Gasteiger partial charge in [0.1, 0.15) is 5.75 Å². The SMILES string of the molecule is O=[C]CC=Cc1ccc(OC(F)(F)F)cc1. The molecule has 16 heavy (non-hydrogen) atoms. The maximum atomic E-state index is 11.8. The number of rotatable bonds is 4. The van der Waals surface area contributed by atoms with Gasteiger partial charge in [-0.25, -0.2) is 0 Å². The van der Waals surface area contributed by atoms with Crippen molar-refractivity contribution in [2.45, 2.75) is 12.8 Å². The molecule has 0 aliphatic heterocycles. The Morgan fingerprint density at radius 3 is 2.38 bits per heavy atom. The van der Waals surface area contributed by atoms with E-state index in [1.54, 1.807) is 18.4 Å². The Labute approximate surface area is 90.3 Å². The van der Waals surface area contributed by atoms with Gasteiger partial charge in [0.2, 0.25) is 6.29 Å². The summed E-state index contributed by atoms with van der Waals surface area (Å²) in [5.74, 6) is -0.272. The highest BCUT2D eigenvalue weighted by Gasteiger charge is 2.30. The summed E-state index contributed by atoms with van der Waals surface area (Å²) in [4.78, 5) is 9.88. The van der Waals surface area contributed by atoms with Crippen LogP contribution < -0.4 is 4.74 Å². The molecule has 0 aliphatic carbocycles. The van der Waals surface area contributed by atoms with E-state index in [0.29, 0.717) is 5.56 Å². The molecule has 0 fully saturated rings. The molecule has 0 aromatic heterocycles. The third-order valence-corrected chi connectivity index (χ3v) is 1.63. The lowest BCUT2D eigenvalue weighted by Gasteiger charge is -2.08. The Morgan fingerprint density at radius 2 is 1.88 bits per heavy atom. The zero-order valence-corrected chi connectivity index (χ0v) is 8.12. The first kappa shape index (κ1) is 12.3. The number of allylic oxidation sites excluding steroid dienone is 1. The molecule has 1 aromatic rings. The Balaban J connectivity index is 2.64. The van der Waals surface area contributed by atoms with Crippen LogP contribution in [0.25, 0.3) is 6.08 Å². The summed E-state index contributed by atoms with van der Waals surface area (Å²) < 4.78 is 39.1. The van der Waals surface area contributed by atoms with Crippen molar-refractivity contribution in [3.63, 3.8) is 0 Å². The summed E-state index contributed by atoms with van der Waals surface area (Å²) in [7, 11) is 0. The quantitative estimate of drug-likeness (QED) is 0.792. The predicted octanol–water partition coefficient (Wildman–Crippen LogP) is 3.10. The second-order valence-electron chi connectivity index (χ2n) is 2.87. The molecule has 0 saturated heterocycles. The zero-order chi connectivity index (χ0) is 12.0. The van der Waals surface area contributed by atoms with Crippen molar-refractivity contribution in [2.24, 2.45) is 0 Å². The summed E-state index contributed by atoms with van der Waals surface area (Å²) in [5.41, 5.74) is 0.685. The van der Waals surface area contributed by atoms with Gasteiger partial charge >= 0.3 is 6.36 Å². The van der Waals surface area contributed by atoms with Crippen molar-refractivity contribution in [3.05, 3.63) is 35.9 Å². The minimum atomic E-state index is -4.68. The van der Waals surface area contributed by atoms with Crippen LogP contribution in [-0.2, 0) is 4.79 Å². The first-order chi connectivity index (χ1) is 7.51. The normalized spacial score (nSPS) is 11.7. The molecule has 0 amide bonds. The van der Waals surface area contributed by atoms with Gasteiger partial charge in [-0.15, -0.1) is 13.2 Å². The number of hydrogen-bond donors (Lipinski definition) is 0. The maximum Gasteiger partial charge on any atom is 0.573 e. The molecule has 1 radical (unpaired) electrons. The monoisotopic (exact) mass is 229 g/mol. The molecule has 85 valence electrons. The second kappa shape index (κ2) is 5.34. The smallest absolute Gasteiger partial charge is 0.406 e. The molecule has 0 N–H and O–H groups in total. The molecule has 1 rings (SSSR count). The van der Waals surface area contributed by atoms with Gasteiger partial charge in [0, 0.05) is 6.42 Å². The van der Waals surface area contributed by atoms with Crippen molar-refractivity contribution in [1.29, 1.82) is 0 Å². The molecule has 1 aromatic carbocycles. The topological polar surface area (TPSA) is 26.3 Å². The van der Waals surface area contributed by atoms with Crippen LogP contribution in [0, 0.1) is 0 Å². The number of halogens is 3. The molecule has 0 saturated carbocycles. The number of hydrogen-bond acceptors (Lipinski definition) is 2. The highest BCUT2D eigenvalue weighted by atomic mass is 19.4. The largest absolute Gasteiger partial charge is 0.573 e. The summed E-state index contributed by atoms with van der Waals surface area (Å²) in [5, 5.41) is 0. The Morgan fingerprint density at radius 1 is 1.25 bits per heavy atom. The summed E-state index contributed by atoms with van der Waals surface area (Å²) in [6.45, 7) is 0. The molecule has 5 heteroatoms. The molecular formula is C11H8F3O2. The molecule has 2 nitrogen and oxygen atoms in total. The number of alkyl halides is 3. The second-order valence-corrected chi connectivity index (χ2v) is 2.87. The summed E-state index contributed by atoms with van der Waals surface area (Å²) >= 11 is 0. The van der Waals surface area contributed by atoms with Crippen LogP contribution in [0.2, 0.25) is 0 Å². The van der Waals surface area contributed by atoms with Crippen molar-refractivity contribution in [2.75, 3.05) is 0 Å². The van der Waals surface area contributed by atoms with E-state index in [2.05, 4.69) is 4.74 Å². The highest BCUT2D eigenvalue weighted by molar-refractivity contribution is 5.58. The summed E-state index contributed by atoms with van der Waals surface area (Å²) in [6.07, 6.45) is 0.322. The van der Waals surface area contributed by atoms with Gasteiger partial charge in [-0.1, -0.05) is 24.3 Å². The average Bonchev–Trinajstić information content (AvgIpc) is 2.19. The van der Waals surface area contributed by atoms with E-state index in [-0.39, 0.29) is 12.2 Å². The lowest BCUT2D eigenvalue weighted by atomic mass is 10.2.